The predicted octanol–water partition coefficient (Wildman–Crippen LogP) is 5.66. The van der Waals surface area contributed by atoms with Crippen molar-refractivity contribution in [3.05, 3.63) is 94.7 Å². The number of hydrogen-bond acceptors (Lipinski definition) is 4. The molecule has 1 N–H and O–H groups in total. The van der Waals surface area contributed by atoms with Crippen LogP contribution in [0.1, 0.15) is 36.1 Å². The van der Waals surface area contributed by atoms with Gasteiger partial charge in [-0.15, -0.1) is 0 Å². The molecule has 0 saturated carbocycles. The zero-order valence-corrected chi connectivity index (χ0v) is 19.4. The number of amides is 2. The molecule has 5 heteroatoms. The van der Waals surface area contributed by atoms with Crippen LogP contribution in [0, 0.1) is 13.8 Å². The maximum absolute atomic E-state index is 13.7. The summed E-state index contributed by atoms with van der Waals surface area (Å²) in [6, 6.07) is 20.8. The van der Waals surface area contributed by atoms with E-state index >= 15 is 0 Å². The minimum Gasteiger partial charge on any atom is -0.492 e. The number of ether oxygens (including phenoxy) is 1. The van der Waals surface area contributed by atoms with Crippen molar-refractivity contribution in [1.82, 2.24) is 0 Å². The van der Waals surface area contributed by atoms with Gasteiger partial charge in [0.25, 0.3) is 11.8 Å². The highest BCUT2D eigenvalue weighted by molar-refractivity contribution is 6.46. The fraction of sp³-hybridized carbons (Fsp3) is 0.214. The molecular formula is C28H28N2O3. The molecule has 33 heavy (non-hydrogen) atoms. The summed E-state index contributed by atoms with van der Waals surface area (Å²) in [4.78, 5) is 28.5. The van der Waals surface area contributed by atoms with Crippen LogP contribution in [0.2, 0.25) is 0 Å². The number of rotatable bonds is 7. The van der Waals surface area contributed by atoms with Crippen LogP contribution in [-0.2, 0) is 16.0 Å². The first kappa shape index (κ1) is 22.3. The molecule has 0 atom stereocenters. The number of anilines is 2. The Balaban J connectivity index is 1.83. The van der Waals surface area contributed by atoms with Gasteiger partial charge in [0.15, 0.2) is 0 Å². The molecule has 5 nitrogen and oxygen atoms in total. The fourth-order valence-corrected chi connectivity index (χ4v) is 3.91. The SMILES string of the molecule is CCOc1ccccc1NC1=C(c2ccc(C)c(C)c2)C(=O)N(c2ccc(CC)cc2)C1=O. The van der Waals surface area contributed by atoms with Crippen LogP contribution < -0.4 is 15.0 Å². The van der Waals surface area contributed by atoms with Gasteiger partial charge in [0.05, 0.1) is 23.6 Å². The molecule has 0 aromatic heterocycles. The van der Waals surface area contributed by atoms with Gasteiger partial charge in [0, 0.05) is 0 Å². The molecule has 0 bridgehead atoms. The van der Waals surface area contributed by atoms with Gasteiger partial charge in [0.1, 0.15) is 11.4 Å². The molecule has 0 unspecified atom stereocenters. The van der Waals surface area contributed by atoms with Gasteiger partial charge in [-0.25, -0.2) is 4.90 Å². The van der Waals surface area contributed by atoms with Crippen LogP contribution >= 0.6 is 0 Å². The van der Waals surface area contributed by atoms with Crippen LogP contribution in [0.15, 0.2) is 72.4 Å². The average Bonchev–Trinajstić information content (AvgIpc) is 3.06. The zero-order chi connectivity index (χ0) is 23.5. The molecule has 3 aromatic rings. The van der Waals surface area contributed by atoms with Gasteiger partial charge in [0.2, 0.25) is 0 Å². The first-order valence-electron chi connectivity index (χ1n) is 11.2. The highest BCUT2D eigenvalue weighted by Crippen LogP contribution is 2.36. The second kappa shape index (κ2) is 9.33. The van der Waals surface area contributed by atoms with Crippen LogP contribution in [0.4, 0.5) is 11.4 Å². The molecule has 0 aliphatic carbocycles. The topological polar surface area (TPSA) is 58.6 Å². The lowest BCUT2D eigenvalue weighted by Gasteiger charge is -2.16. The number of para-hydroxylation sites is 2. The molecule has 0 radical (unpaired) electrons. The lowest BCUT2D eigenvalue weighted by atomic mass is 9.99. The van der Waals surface area contributed by atoms with E-state index in [9.17, 15) is 9.59 Å². The van der Waals surface area contributed by atoms with Gasteiger partial charge >= 0.3 is 0 Å². The summed E-state index contributed by atoms with van der Waals surface area (Å²) in [5.74, 6) is -0.106. The third kappa shape index (κ3) is 4.27. The number of nitrogens with one attached hydrogen (secondary N) is 1. The maximum atomic E-state index is 13.7. The van der Waals surface area contributed by atoms with Crippen LogP contribution in [0.3, 0.4) is 0 Å². The summed E-state index contributed by atoms with van der Waals surface area (Å²) in [5, 5.41) is 3.22. The fourth-order valence-electron chi connectivity index (χ4n) is 3.91. The third-order valence-electron chi connectivity index (χ3n) is 5.93. The second-order valence-electron chi connectivity index (χ2n) is 8.07. The summed E-state index contributed by atoms with van der Waals surface area (Å²) in [6.45, 7) is 8.49. The van der Waals surface area contributed by atoms with Crippen molar-refractivity contribution in [2.45, 2.75) is 34.1 Å². The van der Waals surface area contributed by atoms with Crippen molar-refractivity contribution in [3.63, 3.8) is 0 Å². The van der Waals surface area contributed by atoms with E-state index in [4.69, 9.17) is 4.74 Å². The Bertz CT molecular complexity index is 1240. The number of hydrogen-bond donors (Lipinski definition) is 1. The molecule has 168 valence electrons. The highest BCUT2D eigenvalue weighted by Gasteiger charge is 2.40. The van der Waals surface area contributed by atoms with Gasteiger partial charge in [-0.1, -0.05) is 49.4 Å². The first-order valence-corrected chi connectivity index (χ1v) is 11.2. The number of carbonyl (C=O) groups excluding carboxylic acids is 2. The Kier molecular flexibility index (Phi) is 6.31. The number of imide groups is 1. The van der Waals surface area contributed by atoms with E-state index in [-0.39, 0.29) is 17.5 Å². The van der Waals surface area contributed by atoms with E-state index in [1.807, 2.05) is 87.5 Å². The zero-order valence-electron chi connectivity index (χ0n) is 19.4. The Morgan fingerprint density at radius 3 is 2.24 bits per heavy atom. The molecule has 1 aliphatic heterocycles. The molecule has 0 fully saturated rings. The monoisotopic (exact) mass is 440 g/mol. The second-order valence-corrected chi connectivity index (χ2v) is 8.07. The summed E-state index contributed by atoms with van der Waals surface area (Å²) >= 11 is 0. The smallest absolute Gasteiger partial charge is 0.282 e. The van der Waals surface area contributed by atoms with E-state index in [0.717, 1.165) is 23.1 Å². The molecule has 0 spiro atoms. The Hall–Kier alpha value is -3.86. The predicted molar refractivity (Wildman–Crippen MR) is 132 cm³/mol. The standard InChI is InChI=1S/C28H28N2O3/c1-5-20-12-15-22(16-13-20)30-27(31)25(21-14-11-18(3)19(4)17-21)26(28(30)32)29-23-9-7-8-10-24(23)33-6-2/h7-17,29H,5-6H2,1-4H3. The van der Waals surface area contributed by atoms with Crippen LogP contribution in [0.5, 0.6) is 5.75 Å². The lowest BCUT2D eigenvalue weighted by Crippen LogP contribution is -2.32. The summed E-state index contributed by atoms with van der Waals surface area (Å²) in [5.41, 5.74) is 5.83. The molecular weight excluding hydrogens is 412 g/mol. The molecule has 4 rings (SSSR count). The Labute approximate surface area is 194 Å². The number of benzene rings is 3. The molecule has 3 aromatic carbocycles. The summed E-state index contributed by atoms with van der Waals surface area (Å²) in [6.07, 6.45) is 0.884. The summed E-state index contributed by atoms with van der Waals surface area (Å²) < 4.78 is 5.73. The van der Waals surface area contributed by atoms with Crippen molar-refractivity contribution < 1.29 is 14.3 Å². The van der Waals surface area contributed by atoms with Crippen molar-refractivity contribution in [1.29, 1.82) is 0 Å². The minimum atomic E-state index is -0.385. The molecule has 2 amide bonds. The van der Waals surface area contributed by atoms with Gasteiger partial charge < -0.3 is 10.1 Å². The van der Waals surface area contributed by atoms with Gasteiger partial charge in [-0.3, -0.25) is 9.59 Å². The van der Waals surface area contributed by atoms with E-state index in [1.54, 1.807) is 0 Å². The number of nitrogens with zero attached hydrogens (tertiary/aromatic N) is 1. The molecule has 1 aliphatic rings. The van der Waals surface area contributed by atoms with E-state index in [2.05, 4.69) is 12.2 Å². The quantitative estimate of drug-likeness (QED) is 0.482. The minimum absolute atomic E-state index is 0.245. The van der Waals surface area contributed by atoms with Crippen molar-refractivity contribution in [2.24, 2.45) is 0 Å². The van der Waals surface area contributed by atoms with Gasteiger partial charge in [-0.05, 0) is 73.7 Å². The summed E-state index contributed by atoms with van der Waals surface area (Å²) in [7, 11) is 0. The van der Waals surface area contributed by atoms with Crippen molar-refractivity contribution >= 4 is 28.8 Å². The number of carbonyl (C=O) groups is 2. The lowest BCUT2D eigenvalue weighted by molar-refractivity contribution is -0.120. The normalized spacial score (nSPS) is 13.6. The number of aryl methyl sites for hydroxylation is 3. The van der Waals surface area contributed by atoms with Crippen LogP contribution in [-0.4, -0.2) is 18.4 Å². The maximum Gasteiger partial charge on any atom is 0.282 e. The van der Waals surface area contributed by atoms with E-state index in [0.29, 0.717) is 34.9 Å². The third-order valence-corrected chi connectivity index (χ3v) is 5.93. The Morgan fingerprint density at radius 2 is 1.58 bits per heavy atom. The Morgan fingerprint density at radius 1 is 0.848 bits per heavy atom. The van der Waals surface area contributed by atoms with Crippen molar-refractivity contribution in [2.75, 3.05) is 16.8 Å². The van der Waals surface area contributed by atoms with E-state index in [1.165, 1.54) is 4.90 Å². The first-order chi connectivity index (χ1) is 15.9. The highest BCUT2D eigenvalue weighted by atomic mass is 16.5. The largest absolute Gasteiger partial charge is 0.492 e. The van der Waals surface area contributed by atoms with Crippen LogP contribution in [0.25, 0.3) is 5.57 Å². The average molecular weight is 441 g/mol. The van der Waals surface area contributed by atoms with E-state index < -0.39 is 0 Å². The van der Waals surface area contributed by atoms with Crippen molar-refractivity contribution in [3.8, 4) is 5.75 Å². The molecule has 0 saturated heterocycles. The van der Waals surface area contributed by atoms with Gasteiger partial charge in [-0.2, -0.15) is 0 Å². The molecule has 1 heterocycles.